The summed E-state index contributed by atoms with van der Waals surface area (Å²) in [5.74, 6) is 0.0799. The van der Waals surface area contributed by atoms with Crippen molar-refractivity contribution >= 4 is 22.4 Å². The minimum atomic E-state index is 0.0799. The lowest BCUT2D eigenvalue weighted by molar-refractivity contribution is -0.117. The first-order valence-corrected chi connectivity index (χ1v) is 9.72. The molecule has 1 aliphatic carbocycles. The summed E-state index contributed by atoms with van der Waals surface area (Å²) in [4.78, 5) is 23.0. The van der Waals surface area contributed by atoms with E-state index in [-0.39, 0.29) is 5.91 Å². The summed E-state index contributed by atoms with van der Waals surface area (Å²) in [5, 5.41) is 3.83. The fourth-order valence-electron chi connectivity index (χ4n) is 3.38. The van der Waals surface area contributed by atoms with Gasteiger partial charge in [-0.15, -0.1) is 11.3 Å². The summed E-state index contributed by atoms with van der Waals surface area (Å²) in [6.45, 7) is 4.62. The second-order valence-electron chi connectivity index (χ2n) is 6.78. The summed E-state index contributed by atoms with van der Waals surface area (Å²) in [5.41, 5.74) is 1.22. The molecule has 1 amide bonds. The molecule has 23 heavy (non-hydrogen) atoms. The lowest BCUT2D eigenvalue weighted by Gasteiger charge is -2.18. The highest BCUT2D eigenvalue weighted by atomic mass is 32.1. The third kappa shape index (κ3) is 4.99. The zero-order chi connectivity index (χ0) is 16.1. The number of thiazole rings is 1. The summed E-state index contributed by atoms with van der Waals surface area (Å²) < 4.78 is 0. The lowest BCUT2D eigenvalue weighted by atomic mass is 10.0. The van der Waals surface area contributed by atoms with Gasteiger partial charge in [0.05, 0.1) is 12.2 Å². The third-order valence-electron chi connectivity index (χ3n) is 4.77. The molecule has 1 aromatic rings. The fourth-order valence-corrected chi connectivity index (χ4v) is 4.45. The van der Waals surface area contributed by atoms with E-state index in [1.54, 1.807) is 11.3 Å². The molecule has 1 N–H and O–H groups in total. The fraction of sp³-hybridized carbons (Fsp3) is 0.765. The molecular weight excluding hydrogens is 308 g/mol. The van der Waals surface area contributed by atoms with E-state index in [0.717, 1.165) is 50.6 Å². The number of likely N-dealkylation sites (N-methyl/N-ethyl adjacent to an activating group) is 1. The van der Waals surface area contributed by atoms with Gasteiger partial charge in [-0.05, 0) is 52.2 Å². The SMILES string of the molecule is CN1CCCN(CC(=O)Nc2nc3c(s2)CCCCCC3)CC1. The molecule has 0 saturated carbocycles. The van der Waals surface area contributed by atoms with E-state index in [1.807, 2.05) is 0 Å². The number of aromatic nitrogens is 1. The minimum Gasteiger partial charge on any atom is -0.305 e. The molecule has 6 heteroatoms. The van der Waals surface area contributed by atoms with Crippen molar-refractivity contribution in [3.8, 4) is 0 Å². The zero-order valence-electron chi connectivity index (χ0n) is 14.1. The van der Waals surface area contributed by atoms with Crippen molar-refractivity contribution in [3.63, 3.8) is 0 Å². The maximum atomic E-state index is 12.3. The number of aryl methyl sites for hydroxylation is 2. The van der Waals surface area contributed by atoms with Crippen molar-refractivity contribution in [1.29, 1.82) is 0 Å². The normalized spacial score (nSPS) is 21.1. The van der Waals surface area contributed by atoms with Gasteiger partial charge in [0, 0.05) is 18.0 Å². The number of nitrogens with zero attached hydrogens (tertiary/aromatic N) is 3. The lowest BCUT2D eigenvalue weighted by Crippen LogP contribution is -2.35. The Balaban J connectivity index is 1.54. The summed E-state index contributed by atoms with van der Waals surface area (Å²) >= 11 is 1.68. The number of carbonyl (C=O) groups is 1. The molecular formula is C17H28N4OS. The molecule has 0 radical (unpaired) electrons. The molecule has 128 valence electrons. The first-order chi connectivity index (χ1) is 11.2. The van der Waals surface area contributed by atoms with E-state index in [1.165, 1.54) is 36.3 Å². The number of anilines is 1. The Hall–Kier alpha value is -0.980. The Morgan fingerprint density at radius 1 is 1.09 bits per heavy atom. The van der Waals surface area contributed by atoms with Crippen LogP contribution in [0.5, 0.6) is 0 Å². The molecule has 0 atom stereocenters. The van der Waals surface area contributed by atoms with Gasteiger partial charge >= 0.3 is 0 Å². The number of hydrogen-bond donors (Lipinski definition) is 1. The number of carbonyl (C=O) groups excluding carboxylic acids is 1. The number of fused-ring (bicyclic) bond motifs is 1. The largest absolute Gasteiger partial charge is 0.305 e. The van der Waals surface area contributed by atoms with E-state index in [2.05, 4.69) is 27.1 Å². The van der Waals surface area contributed by atoms with Crippen molar-refractivity contribution in [2.24, 2.45) is 0 Å². The average Bonchev–Trinajstić information content (AvgIpc) is 2.72. The summed E-state index contributed by atoms with van der Waals surface area (Å²) in [6, 6.07) is 0. The van der Waals surface area contributed by atoms with Crippen LogP contribution in [0.25, 0.3) is 0 Å². The van der Waals surface area contributed by atoms with Crippen LogP contribution in [0.15, 0.2) is 0 Å². The highest BCUT2D eigenvalue weighted by Gasteiger charge is 2.18. The number of rotatable bonds is 3. The molecule has 0 unspecified atom stereocenters. The highest BCUT2D eigenvalue weighted by molar-refractivity contribution is 7.15. The van der Waals surface area contributed by atoms with E-state index in [0.29, 0.717) is 6.54 Å². The Morgan fingerprint density at radius 3 is 2.78 bits per heavy atom. The maximum absolute atomic E-state index is 12.3. The minimum absolute atomic E-state index is 0.0799. The second-order valence-corrected chi connectivity index (χ2v) is 7.87. The van der Waals surface area contributed by atoms with Crippen LogP contribution >= 0.6 is 11.3 Å². The first-order valence-electron chi connectivity index (χ1n) is 8.90. The van der Waals surface area contributed by atoms with Crippen LogP contribution in [-0.4, -0.2) is 60.5 Å². The van der Waals surface area contributed by atoms with Crippen molar-refractivity contribution in [3.05, 3.63) is 10.6 Å². The van der Waals surface area contributed by atoms with Crippen molar-refractivity contribution < 1.29 is 4.79 Å². The predicted molar refractivity (Wildman–Crippen MR) is 95.2 cm³/mol. The van der Waals surface area contributed by atoms with Gasteiger partial charge in [-0.3, -0.25) is 9.69 Å². The quantitative estimate of drug-likeness (QED) is 0.921. The Bertz CT molecular complexity index is 505. The van der Waals surface area contributed by atoms with Crippen molar-refractivity contribution in [2.45, 2.75) is 44.9 Å². The Labute approximate surface area is 143 Å². The Kier molecular flexibility index (Phi) is 6.02. The topological polar surface area (TPSA) is 48.5 Å². The number of amides is 1. The molecule has 1 saturated heterocycles. The van der Waals surface area contributed by atoms with Crippen LogP contribution in [0, 0.1) is 0 Å². The molecule has 0 spiro atoms. The van der Waals surface area contributed by atoms with E-state index in [9.17, 15) is 4.79 Å². The monoisotopic (exact) mass is 336 g/mol. The van der Waals surface area contributed by atoms with Crippen LogP contribution < -0.4 is 5.32 Å². The molecule has 2 heterocycles. The molecule has 1 aliphatic heterocycles. The molecule has 1 aromatic heterocycles. The maximum Gasteiger partial charge on any atom is 0.240 e. The first kappa shape index (κ1) is 16.9. The Morgan fingerprint density at radius 2 is 1.91 bits per heavy atom. The smallest absolute Gasteiger partial charge is 0.240 e. The van der Waals surface area contributed by atoms with Gasteiger partial charge in [-0.1, -0.05) is 12.8 Å². The van der Waals surface area contributed by atoms with Crippen LogP contribution in [0.4, 0.5) is 5.13 Å². The van der Waals surface area contributed by atoms with Gasteiger partial charge in [0.2, 0.25) is 5.91 Å². The van der Waals surface area contributed by atoms with Gasteiger partial charge in [-0.25, -0.2) is 4.98 Å². The van der Waals surface area contributed by atoms with Gasteiger partial charge in [0.15, 0.2) is 5.13 Å². The summed E-state index contributed by atoms with van der Waals surface area (Å²) in [7, 11) is 2.15. The van der Waals surface area contributed by atoms with E-state index >= 15 is 0 Å². The zero-order valence-corrected chi connectivity index (χ0v) is 15.0. The standard InChI is InChI=1S/C17H28N4OS/c1-20-9-6-10-21(12-11-20)13-16(22)19-17-18-14-7-4-2-3-5-8-15(14)23-17/h2-13H2,1H3,(H,18,19,22). The van der Waals surface area contributed by atoms with E-state index < -0.39 is 0 Å². The molecule has 5 nitrogen and oxygen atoms in total. The van der Waals surface area contributed by atoms with E-state index in [4.69, 9.17) is 0 Å². The molecule has 1 fully saturated rings. The molecule has 2 aliphatic rings. The van der Waals surface area contributed by atoms with Crippen LogP contribution in [0.3, 0.4) is 0 Å². The van der Waals surface area contributed by atoms with Crippen molar-refractivity contribution in [2.75, 3.05) is 45.1 Å². The number of hydrogen-bond acceptors (Lipinski definition) is 5. The van der Waals surface area contributed by atoms with Crippen LogP contribution in [-0.2, 0) is 17.6 Å². The number of nitrogens with one attached hydrogen (secondary N) is 1. The van der Waals surface area contributed by atoms with Gasteiger partial charge in [-0.2, -0.15) is 0 Å². The molecule has 3 rings (SSSR count). The van der Waals surface area contributed by atoms with Gasteiger partial charge < -0.3 is 10.2 Å². The van der Waals surface area contributed by atoms with Crippen LogP contribution in [0.1, 0.15) is 42.7 Å². The third-order valence-corrected chi connectivity index (χ3v) is 5.84. The highest BCUT2D eigenvalue weighted by Crippen LogP contribution is 2.28. The predicted octanol–water partition coefficient (Wildman–Crippen LogP) is 2.38. The van der Waals surface area contributed by atoms with Gasteiger partial charge in [0.1, 0.15) is 0 Å². The van der Waals surface area contributed by atoms with Crippen molar-refractivity contribution in [1.82, 2.24) is 14.8 Å². The van der Waals surface area contributed by atoms with Gasteiger partial charge in [0.25, 0.3) is 0 Å². The molecule has 0 bridgehead atoms. The average molecular weight is 337 g/mol. The van der Waals surface area contributed by atoms with Crippen LogP contribution in [0.2, 0.25) is 0 Å². The second kappa shape index (κ2) is 8.22. The molecule has 0 aromatic carbocycles. The summed E-state index contributed by atoms with van der Waals surface area (Å²) in [6.07, 6.45) is 8.44.